The zero-order valence-electron chi connectivity index (χ0n) is 17.0. The van der Waals surface area contributed by atoms with Gasteiger partial charge in [0.2, 0.25) is 6.10 Å². The van der Waals surface area contributed by atoms with Crippen molar-refractivity contribution in [3.05, 3.63) is 65.5 Å². The molecule has 1 saturated heterocycles. The number of carboxylic acid groups (broad SMARTS) is 1. The Morgan fingerprint density at radius 1 is 1.22 bits per heavy atom. The number of carbonyl (C=O) groups is 4. The Morgan fingerprint density at radius 2 is 1.94 bits per heavy atom. The molecule has 2 aromatic rings. The zero-order valence-corrected chi connectivity index (χ0v) is 17.0. The van der Waals surface area contributed by atoms with Crippen molar-refractivity contribution in [2.45, 2.75) is 25.7 Å². The number of rotatable bonds is 7. The molecule has 2 aromatic carbocycles. The summed E-state index contributed by atoms with van der Waals surface area (Å²) in [5, 5.41) is 9.32. The minimum Gasteiger partial charge on any atom is -0.478 e. The minimum absolute atomic E-state index is 0.0197. The third-order valence-electron chi connectivity index (χ3n) is 4.63. The molecule has 0 unspecified atom stereocenters. The van der Waals surface area contributed by atoms with E-state index < -0.39 is 41.8 Å². The van der Waals surface area contributed by atoms with E-state index in [1.54, 1.807) is 30.3 Å². The van der Waals surface area contributed by atoms with Crippen molar-refractivity contribution in [1.82, 2.24) is 0 Å². The number of ether oxygens (including phenoxy) is 3. The summed E-state index contributed by atoms with van der Waals surface area (Å²) in [7, 11) is 0. The van der Waals surface area contributed by atoms with Crippen molar-refractivity contribution in [2.75, 3.05) is 18.1 Å². The molecule has 10 heteroatoms. The predicted molar refractivity (Wildman–Crippen MR) is 107 cm³/mol. The Kier molecular flexibility index (Phi) is 7.16. The van der Waals surface area contributed by atoms with E-state index in [-0.39, 0.29) is 31.0 Å². The molecule has 9 nitrogen and oxygen atoms in total. The van der Waals surface area contributed by atoms with Crippen molar-refractivity contribution in [3.63, 3.8) is 0 Å². The highest BCUT2D eigenvalue weighted by atomic mass is 19.1. The lowest BCUT2D eigenvalue weighted by Gasteiger charge is -2.34. The molecule has 2 atom stereocenters. The highest BCUT2D eigenvalue weighted by molar-refractivity contribution is 6.01. The molecule has 0 aromatic heterocycles. The zero-order chi connectivity index (χ0) is 23.3. The van der Waals surface area contributed by atoms with Gasteiger partial charge in [0.1, 0.15) is 12.4 Å². The van der Waals surface area contributed by atoms with Crippen LogP contribution in [0, 0.1) is 5.82 Å². The standard InChI is InChI=1S/C22H20FNO8/c1-13(25)32-19(21(27)28)18-20(26)24(9-10-30-18)15-7-8-17(23)16(11-15)22(29)31-12-14-5-3-2-4-6-14/h2-8,11,18-19H,9-10,12H2,1H3,(H,27,28)/t18-,19-/m1/s1. The van der Waals surface area contributed by atoms with Gasteiger partial charge in [-0.05, 0) is 23.8 Å². The van der Waals surface area contributed by atoms with Crippen molar-refractivity contribution >= 4 is 29.5 Å². The van der Waals surface area contributed by atoms with Crippen LogP contribution in [0.5, 0.6) is 0 Å². The summed E-state index contributed by atoms with van der Waals surface area (Å²) in [5.41, 5.74) is 0.473. The van der Waals surface area contributed by atoms with Gasteiger partial charge >= 0.3 is 17.9 Å². The lowest BCUT2D eigenvalue weighted by atomic mass is 10.1. The van der Waals surface area contributed by atoms with Gasteiger partial charge in [-0.3, -0.25) is 9.59 Å². The van der Waals surface area contributed by atoms with E-state index in [1.807, 2.05) is 0 Å². The lowest BCUT2D eigenvalue weighted by Crippen LogP contribution is -2.55. The van der Waals surface area contributed by atoms with E-state index in [0.717, 1.165) is 24.0 Å². The van der Waals surface area contributed by atoms with Crippen LogP contribution in [0.1, 0.15) is 22.8 Å². The van der Waals surface area contributed by atoms with E-state index in [1.165, 1.54) is 6.07 Å². The normalized spacial score (nSPS) is 16.9. The number of amides is 1. The second kappa shape index (κ2) is 10.0. The fraction of sp³-hybridized carbons (Fsp3) is 0.273. The average molecular weight is 445 g/mol. The van der Waals surface area contributed by atoms with Crippen molar-refractivity contribution < 1.29 is 42.9 Å². The van der Waals surface area contributed by atoms with E-state index in [0.29, 0.717) is 5.56 Å². The van der Waals surface area contributed by atoms with Crippen LogP contribution < -0.4 is 4.90 Å². The Bertz CT molecular complexity index is 1030. The number of carboxylic acids is 1. The molecule has 1 N–H and O–H groups in total. The Balaban J connectivity index is 1.80. The second-order valence-corrected chi connectivity index (χ2v) is 6.88. The number of hydrogen-bond acceptors (Lipinski definition) is 7. The minimum atomic E-state index is -1.85. The molecule has 1 fully saturated rings. The molecule has 32 heavy (non-hydrogen) atoms. The van der Waals surface area contributed by atoms with E-state index >= 15 is 0 Å². The maximum absolute atomic E-state index is 14.3. The van der Waals surface area contributed by atoms with Crippen LogP contribution in [0.4, 0.5) is 10.1 Å². The number of benzene rings is 2. The summed E-state index contributed by atoms with van der Waals surface area (Å²) in [6.45, 7) is 0.900. The van der Waals surface area contributed by atoms with Gasteiger partial charge < -0.3 is 24.2 Å². The molecule has 0 saturated carbocycles. The highest BCUT2D eigenvalue weighted by Gasteiger charge is 2.42. The van der Waals surface area contributed by atoms with E-state index in [2.05, 4.69) is 0 Å². The van der Waals surface area contributed by atoms with Gasteiger partial charge in [-0.2, -0.15) is 0 Å². The third-order valence-corrected chi connectivity index (χ3v) is 4.63. The molecule has 0 radical (unpaired) electrons. The molecule has 0 aliphatic carbocycles. The van der Waals surface area contributed by atoms with Crippen LogP contribution in [-0.2, 0) is 35.2 Å². The maximum Gasteiger partial charge on any atom is 0.348 e. The van der Waals surface area contributed by atoms with Gasteiger partial charge in [-0.25, -0.2) is 14.0 Å². The molecule has 1 aliphatic heterocycles. The van der Waals surface area contributed by atoms with E-state index in [9.17, 15) is 28.7 Å². The number of carbonyl (C=O) groups excluding carboxylic acids is 3. The monoisotopic (exact) mass is 445 g/mol. The third kappa shape index (κ3) is 5.27. The van der Waals surface area contributed by atoms with Crippen LogP contribution in [0.2, 0.25) is 0 Å². The highest BCUT2D eigenvalue weighted by Crippen LogP contribution is 2.24. The summed E-state index contributed by atoms with van der Waals surface area (Å²) in [4.78, 5) is 49.1. The fourth-order valence-electron chi connectivity index (χ4n) is 3.14. The molecule has 0 bridgehead atoms. The smallest absolute Gasteiger partial charge is 0.348 e. The first-order valence-electron chi connectivity index (χ1n) is 9.61. The summed E-state index contributed by atoms with van der Waals surface area (Å²) < 4.78 is 29.4. The fourth-order valence-corrected chi connectivity index (χ4v) is 3.14. The quantitative estimate of drug-likeness (QED) is 0.642. The summed E-state index contributed by atoms with van der Waals surface area (Å²) in [5.74, 6) is -5.01. The SMILES string of the molecule is CC(=O)O[C@@H](C(=O)O)[C@H]1OCCN(c2ccc(F)c(C(=O)OCc3ccccc3)c2)C1=O. The number of anilines is 1. The van der Waals surface area contributed by atoms with Crippen LogP contribution in [0.25, 0.3) is 0 Å². The molecule has 168 valence electrons. The van der Waals surface area contributed by atoms with Gasteiger partial charge in [0, 0.05) is 19.2 Å². The molecule has 3 rings (SSSR count). The Hall–Kier alpha value is -3.79. The lowest BCUT2D eigenvalue weighted by molar-refractivity contribution is -0.177. The molecule has 1 aliphatic rings. The molecule has 1 heterocycles. The Labute approximate surface area is 182 Å². The van der Waals surface area contributed by atoms with Crippen molar-refractivity contribution in [3.8, 4) is 0 Å². The predicted octanol–water partition coefficient (Wildman–Crippen LogP) is 1.93. The van der Waals surface area contributed by atoms with Crippen LogP contribution in [0.3, 0.4) is 0 Å². The molecule has 1 amide bonds. The van der Waals surface area contributed by atoms with Crippen LogP contribution in [0.15, 0.2) is 48.5 Å². The number of nitrogens with zero attached hydrogens (tertiary/aromatic N) is 1. The van der Waals surface area contributed by atoms with Crippen LogP contribution >= 0.6 is 0 Å². The van der Waals surface area contributed by atoms with Gasteiger partial charge in [0.05, 0.1) is 12.2 Å². The van der Waals surface area contributed by atoms with Gasteiger partial charge in [0.15, 0.2) is 6.10 Å². The first-order valence-corrected chi connectivity index (χ1v) is 9.61. The first kappa shape index (κ1) is 22.9. The van der Waals surface area contributed by atoms with Crippen molar-refractivity contribution in [1.29, 1.82) is 0 Å². The summed E-state index contributed by atoms with van der Waals surface area (Å²) in [6.07, 6.45) is -3.44. The second-order valence-electron chi connectivity index (χ2n) is 6.88. The molecular formula is C22H20FNO8. The van der Waals surface area contributed by atoms with Crippen LogP contribution in [-0.4, -0.2) is 54.3 Å². The largest absolute Gasteiger partial charge is 0.478 e. The topological polar surface area (TPSA) is 119 Å². The number of halogens is 1. The van der Waals surface area contributed by atoms with Gasteiger partial charge in [0.25, 0.3) is 5.91 Å². The molecular weight excluding hydrogens is 425 g/mol. The van der Waals surface area contributed by atoms with Crippen molar-refractivity contribution in [2.24, 2.45) is 0 Å². The first-order chi connectivity index (χ1) is 15.3. The number of aliphatic carboxylic acids is 1. The average Bonchev–Trinajstić information content (AvgIpc) is 2.77. The maximum atomic E-state index is 14.3. The molecule has 0 spiro atoms. The number of hydrogen-bond donors (Lipinski definition) is 1. The number of morpholine rings is 1. The van der Waals surface area contributed by atoms with Gasteiger partial charge in [-0.15, -0.1) is 0 Å². The summed E-state index contributed by atoms with van der Waals surface area (Å²) in [6, 6.07) is 12.2. The summed E-state index contributed by atoms with van der Waals surface area (Å²) >= 11 is 0. The number of esters is 2. The van der Waals surface area contributed by atoms with Gasteiger partial charge in [-0.1, -0.05) is 30.3 Å². The Morgan fingerprint density at radius 3 is 2.59 bits per heavy atom. The van der Waals surface area contributed by atoms with E-state index in [4.69, 9.17) is 14.2 Å².